The molecule has 8 heteroatoms. The van der Waals surface area contributed by atoms with Gasteiger partial charge in [0.25, 0.3) is 0 Å². The van der Waals surface area contributed by atoms with Crippen molar-refractivity contribution in [1.29, 1.82) is 0 Å². The van der Waals surface area contributed by atoms with E-state index < -0.39 is 0 Å². The van der Waals surface area contributed by atoms with Gasteiger partial charge in [-0.05, 0) is 49.2 Å². The number of rotatable bonds is 11. The van der Waals surface area contributed by atoms with E-state index in [2.05, 4.69) is 75.9 Å². The molecule has 1 N–H and O–H groups in total. The van der Waals surface area contributed by atoms with Gasteiger partial charge in [-0.3, -0.25) is 9.80 Å². The van der Waals surface area contributed by atoms with Crippen molar-refractivity contribution in [3.63, 3.8) is 0 Å². The molecule has 0 amide bonds. The van der Waals surface area contributed by atoms with Gasteiger partial charge in [-0.25, -0.2) is 0 Å². The Hall–Kier alpha value is -1.65. The quantitative estimate of drug-likeness (QED) is 0.200. The molecule has 5 nitrogen and oxygen atoms in total. The lowest BCUT2D eigenvalue weighted by Gasteiger charge is -2.35. The summed E-state index contributed by atoms with van der Waals surface area (Å²) >= 11 is 5.84. The van der Waals surface area contributed by atoms with E-state index in [1.54, 1.807) is 20.7 Å². The largest absolute Gasteiger partial charge is 0.507 e. The number of nitrogens with zero attached hydrogens (tertiary/aromatic N) is 4. The SMILES string of the molecule is CCCN1CCN(Cc2cc(-c3ssc(=S)c3Cc3ccccc3)cc(CN3CCN(CCC)CC3)c2O)CC1. The molecule has 3 heterocycles. The van der Waals surface area contributed by atoms with E-state index in [1.807, 2.05) is 0 Å². The Kier molecular flexibility index (Phi) is 10.8. The number of phenols is 1. The molecule has 1 aromatic heterocycles. The lowest BCUT2D eigenvalue weighted by Crippen LogP contribution is -2.46. The van der Waals surface area contributed by atoms with Crippen molar-refractivity contribution < 1.29 is 5.11 Å². The van der Waals surface area contributed by atoms with Crippen molar-refractivity contribution in [2.75, 3.05) is 65.4 Å². The molecule has 0 aliphatic carbocycles. The topological polar surface area (TPSA) is 33.2 Å². The molecule has 2 fully saturated rings. The molecule has 3 aromatic rings. The normalized spacial score (nSPS) is 17.9. The summed E-state index contributed by atoms with van der Waals surface area (Å²) in [6, 6.07) is 15.1. The zero-order valence-corrected chi connectivity index (χ0v) is 26.6. The predicted molar refractivity (Wildman–Crippen MR) is 173 cm³/mol. The number of piperazine rings is 2. The van der Waals surface area contributed by atoms with Gasteiger partial charge in [0, 0.05) is 88.6 Å². The van der Waals surface area contributed by atoms with E-state index >= 15 is 0 Å². The molecule has 40 heavy (non-hydrogen) atoms. The molecule has 2 aromatic carbocycles. The summed E-state index contributed by atoms with van der Waals surface area (Å²) in [4.78, 5) is 11.4. The summed E-state index contributed by atoms with van der Waals surface area (Å²) in [5.74, 6) is 0.485. The van der Waals surface area contributed by atoms with Crippen LogP contribution in [0.3, 0.4) is 0 Å². The molecule has 0 radical (unpaired) electrons. The van der Waals surface area contributed by atoms with Crippen LogP contribution < -0.4 is 0 Å². The maximum absolute atomic E-state index is 11.6. The summed E-state index contributed by atoms with van der Waals surface area (Å²) in [7, 11) is 3.49. The fourth-order valence-electron chi connectivity index (χ4n) is 6.04. The second kappa shape index (κ2) is 14.5. The van der Waals surface area contributed by atoms with E-state index in [9.17, 15) is 5.11 Å². The van der Waals surface area contributed by atoms with Gasteiger partial charge < -0.3 is 14.9 Å². The fraction of sp³-hybridized carbons (Fsp3) is 0.531. The number of benzene rings is 2. The van der Waals surface area contributed by atoms with Crippen LogP contribution in [0.4, 0.5) is 0 Å². The summed E-state index contributed by atoms with van der Waals surface area (Å²) in [6.07, 6.45) is 3.26. The second-order valence-corrected chi connectivity index (χ2v) is 14.1. The van der Waals surface area contributed by atoms with Crippen LogP contribution in [0.25, 0.3) is 10.4 Å². The van der Waals surface area contributed by atoms with Gasteiger partial charge in [-0.2, -0.15) is 0 Å². The minimum atomic E-state index is 0.485. The Morgan fingerprint density at radius 1 is 0.725 bits per heavy atom. The van der Waals surface area contributed by atoms with Crippen LogP contribution in [0.1, 0.15) is 48.9 Å². The third-order valence-electron chi connectivity index (χ3n) is 8.27. The van der Waals surface area contributed by atoms with Crippen molar-refractivity contribution in [3.8, 4) is 16.2 Å². The van der Waals surface area contributed by atoms with Crippen LogP contribution in [-0.4, -0.2) is 90.2 Å². The van der Waals surface area contributed by atoms with E-state index in [0.717, 1.165) is 86.8 Å². The van der Waals surface area contributed by atoms with Gasteiger partial charge in [0.05, 0.1) is 4.88 Å². The molecular weight excluding hydrogens is 553 g/mol. The van der Waals surface area contributed by atoms with Gasteiger partial charge in [0.2, 0.25) is 0 Å². The molecule has 0 atom stereocenters. The van der Waals surface area contributed by atoms with Crippen LogP contribution in [0.15, 0.2) is 42.5 Å². The van der Waals surface area contributed by atoms with Crippen LogP contribution in [-0.2, 0) is 19.5 Å². The van der Waals surface area contributed by atoms with Crippen molar-refractivity contribution in [1.82, 2.24) is 19.6 Å². The van der Waals surface area contributed by atoms with E-state index in [1.165, 1.54) is 47.5 Å². The predicted octanol–water partition coefficient (Wildman–Crippen LogP) is 6.56. The molecule has 2 saturated heterocycles. The Labute approximate surface area is 253 Å². The highest BCUT2D eigenvalue weighted by Gasteiger charge is 2.23. The van der Waals surface area contributed by atoms with Crippen LogP contribution >= 0.6 is 32.9 Å². The van der Waals surface area contributed by atoms with Crippen molar-refractivity contribution in [3.05, 3.63) is 68.5 Å². The summed E-state index contributed by atoms with van der Waals surface area (Å²) in [5, 5.41) is 11.6. The minimum absolute atomic E-state index is 0.485. The Bertz CT molecular complexity index is 1230. The number of hydrogen-bond donors (Lipinski definition) is 1. The molecule has 0 bridgehead atoms. The number of aromatic hydroxyl groups is 1. The molecule has 2 aliphatic rings. The van der Waals surface area contributed by atoms with Gasteiger partial charge in [-0.1, -0.05) is 77.1 Å². The van der Waals surface area contributed by atoms with Gasteiger partial charge in [-0.15, -0.1) is 0 Å². The summed E-state index contributed by atoms with van der Waals surface area (Å²) in [5.41, 5.74) is 5.85. The minimum Gasteiger partial charge on any atom is -0.507 e. The Morgan fingerprint density at radius 2 is 1.23 bits per heavy atom. The number of hydrogen-bond acceptors (Lipinski definition) is 8. The summed E-state index contributed by atoms with van der Waals surface area (Å²) in [6.45, 7) is 17.1. The van der Waals surface area contributed by atoms with Crippen LogP contribution in [0, 0.1) is 3.82 Å². The van der Waals surface area contributed by atoms with Crippen LogP contribution in [0.2, 0.25) is 0 Å². The molecule has 5 rings (SSSR count). The molecule has 0 unspecified atom stereocenters. The molecule has 0 spiro atoms. The third-order valence-corrected chi connectivity index (χ3v) is 11.5. The third kappa shape index (κ3) is 7.59. The van der Waals surface area contributed by atoms with Crippen LogP contribution in [0.5, 0.6) is 5.75 Å². The lowest BCUT2D eigenvalue weighted by molar-refractivity contribution is 0.124. The van der Waals surface area contributed by atoms with Crippen molar-refractivity contribution in [2.24, 2.45) is 0 Å². The average molecular weight is 597 g/mol. The fourth-order valence-corrected chi connectivity index (χ4v) is 8.94. The lowest BCUT2D eigenvalue weighted by atomic mass is 9.98. The highest BCUT2D eigenvalue weighted by molar-refractivity contribution is 7.80. The van der Waals surface area contributed by atoms with Gasteiger partial charge in [0.15, 0.2) is 0 Å². The molecule has 0 saturated carbocycles. The second-order valence-electron chi connectivity index (χ2n) is 11.3. The van der Waals surface area contributed by atoms with Gasteiger partial charge >= 0.3 is 0 Å². The van der Waals surface area contributed by atoms with Crippen molar-refractivity contribution in [2.45, 2.75) is 46.2 Å². The Balaban J connectivity index is 1.42. The monoisotopic (exact) mass is 596 g/mol. The first-order valence-corrected chi connectivity index (χ1v) is 17.5. The maximum Gasteiger partial charge on any atom is 0.124 e. The Morgan fingerprint density at radius 3 is 1.73 bits per heavy atom. The first kappa shape index (κ1) is 29.8. The highest BCUT2D eigenvalue weighted by Crippen LogP contribution is 2.40. The van der Waals surface area contributed by atoms with Crippen molar-refractivity contribution >= 4 is 32.9 Å². The molecular formula is C32H44N4OS3. The smallest absolute Gasteiger partial charge is 0.124 e. The maximum atomic E-state index is 11.6. The van der Waals surface area contributed by atoms with Gasteiger partial charge in [0.1, 0.15) is 9.57 Å². The average Bonchev–Trinajstić information content (AvgIpc) is 3.33. The summed E-state index contributed by atoms with van der Waals surface area (Å²) < 4.78 is 0.985. The first-order chi connectivity index (χ1) is 19.5. The zero-order valence-electron chi connectivity index (χ0n) is 24.1. The zero-order chi connectivity index (χ0) is 27.9. The number of phenolic OH excluding ortho intramolecular Hbond substituents is 1. The van der Waals surface area contributed by atoms with E-state index in [4.69, 9.17) is 12.2 Å². The standard InChI is InChI=1S/C32H44N4OS3/c1-3-10-33-12-16-35(17-13-33)23-27-21-26(31-29(32(38)40-39-31)20-25-8-6-5-7-9-25)22-28(30(27)37)24-36-18-14-34(11-4-2)15-19-36/h5-9,21-22,37H,3-4,10-20,23-24H2,1-2H3. The first-order valence-electron chi connectivity index (χ1n) is 14.9. The van der Waals surface area contributed by atoms with E-state index in [-0.39, 0.29) is 0 Å². The molecule has 216 valence electrons. The highest BCUT2D eigenvalue weighted by atomic mass is 32.9. The molecule has 2 aliphatic heterocycles. The van der Waals surface area contributed by atoms with E-state index in [0.29, 0.717) is 5.75 Å².